The Hall–Kier alpha value is -1.88. The number of furan rings is 1. The van der Waals surface area contributed by atoms with Gasteiger partial charge in [-0.1, -0.05) is 0 Å². The number of hydrogen-bond donors (Lipinski definition) is 2. The van der Waals surface area contributed by atoms with Gasteiger partial charge >= 0.3 is 0 Å². The highest BCUT2D eigenvalue weighted by atomic mass is 16.3. The standard InChI is InChI=1S/C14H20N4O/c1-10-5-7-12(19-10)11-6-8-13(18-17-11)16-9-14(2,3)15-4/h5-8,15H,9H2,1-4H3,(H,16,18). The van der Waals surface area contributed by atoms with Crippen LogP contribution in [0.25, 0.3) is 11.5 Å². The van der Waals surface area contributed by atoms with E-state index < -0.39 is 0 Å². The van der Waals surface area contributed by atoms with Crippen LogP contribution in [-0.2, 0) is 0 Å². The number of anilines is 1. The summed E-state index contributed by atoms with van der Waals surface area (Å²) in [7, 11) is 1.94. The first kappa shape index (κ1) is 13.5. The molecule has 0 spiro atoms. The van der Waals surface area contributed by atoms with Crippen LogP contribution in [0.3, 0.4) is 0 Å². The van der Waals surface area contributed by atoms with Gasteiger partial charge in [-0.05, 0) is 52.1 Å². The molecule has 0 aliphatic carbocycles. The van der Waals surface area contributed by atoms with Crippen molar-refractivity contribution < 1.29 is 4.42 Å². The number of aromatic nitrogens is 2. The van der Waals surface area contributed by atoms with Crippen molar-refractivity contribution in [1.29, 1.82) is 0 Å². The molecule has 0 aliphatic rings. The summed E-state index contributed by atoms with van der Waals surface area (Å²) in [6.45, 7) is 6.92. The van der Waals surface area contributed by atoms with Gasteiger partial charge in [0.05, 0.1) is 0 Å². The fraction of sp³-hybridized carbons (Fsp3) is 0.429. The van der Waals surface area contributed by atoms with Gasteiger partial charge in [0.15, 0.2) is 5.76 Å². The van der Waals surface area contributed by atoms with E-state index in [0.29, 0.717) is 0 Å². The molecule has 5 nitrogen and oxygen atoms in total. The van der Waals surface area contributed by atoms with Crippen LogP contribution in [0.2, 0.25) is 0 Å². The summed E-state index contributed by atoms with van der Waals surface area (Å²) in [4.78, 5) is 0. The van der Waals surface area contributed by atoms with Gasteiger partial charge in [0, 0.05) is 12.1 Å². The highest BCUT2D eigenvalue weighted by Gasteiger charge is 2.14. The lowest BCUT2D eigenvalue weighted by Gasteiger charge is -2.24. The van der Waals surface area contributed by atoms with Crippen molar-refractivity contribution in [3.05, 3.63) is 30.0 Å². The van der Waals surface area contributed by atoms with Crippen LogP contribution in [-0.4, -0.2) is 29.3 Å². The molecule has 0 amide bonds. The Morgan fingerprint density at radius 3 is 2.47 bits per heavy atom. The molecule has 2 aromatic rings. The molecule has 2 heterocycles. The van der Waals surface area contributed by atoms with Gasteiger partial charge in [0.2, 0.25) is 0 Å². The SMILES string of the molecule is CNC(C)(C)CNc1ccc(-c2ccc(C)o2)nn1. The summed E-state index contributed by atoms with van der Waals surface area (Å²) < 4.78 is 5.51. The average molecular weight is 260 g/mol. The van der Waals surface area contributed by atoms with Crippen LogP contribution >= 0.6 is 0 Å². The molecule has 0 atom stereocenters. The molecular formula is C14H20N4O. The summed E-state index contributed by atoms with van der Waals surface area (Å²) in [5, 5.41) is 14.8. The van der Waals surface area contributed by atoms with Gasteiger partial charge in [-0.3, -0.25) is 0 Å². The van der Waals surface area contributed by atoms with E-state index >= 15 is 0 Å². The zero-order valence-electron chi connectivity index (χ0n) is 11.8. The molecule has 0 bridgehead atoms. The molecule has 0 aromatic carbocycles. The second-order valence-electron chi connectivity index (χ2n) is 5.20. The molecule has 2 N–H and O–H groups in total. The Kier molecular flexibility index (Phi) is 3.85. The second-order valence-corrected chi connectivity index (χ2v) is 5.20. The van der Waals surface area contributed by atoms with Gasteiger partial charge in [0.25, 0.3) is 0 Å². The Morgan fingerprint density at radius 2 is 1.95 bits per heavy atom. The van der Waals surface area contributed by atoms with Crippen LogP contribution in [0, 0.1) is 6.92 Å². The highest BCUT2D eigenvalue weighted by molar-refractivity contribution is 5.53. The average Bonchev–Trinajstić information content (AvgIpc) is 2.84. The van der Waals surface area contributed by atoms with Crippen molar-refractivity contribution in [3.8, 4) is 11.5 Å². The number of rotatable bonds is 5. The molecule has 0 saturated carbocycles. The first-order valence-electron chi connectivity index (χ1n) is 6.33. The predicted molar refractivity (Wildman–Crippen MR) is 76.1 cm³/mol. The van der Waals surface area contributed by atoms with E-state index in [9.17, 15) is 0 Å². The molecular weight excluding hydrogens is 240 g/mol. The number of aryl methyl sites for hydroxylation is 1. The first-order chi connectivity index (χ1) is 9.00. The second kappa shape index (κ2) is 5.40. The van der Waals surface area contributed by atoms with E-state index in [2.05, 4.69) is 34.7 Å². The molecule has 0 unspecified atom stereocenters. The lowest BCUT2D eigenvalue weighted by molar-refractivity contribution is 0.447. The zero-order chi connectivity index (χ0) is 13.9. The van der Waals surface area contributed by atoms with E-state index in [1.807, 2.05) is 38.2 Å². The van der Waals surface area contributed by atoms with Crippen LogP contribution in [0.5, 0.6) is 0 Å². The van der Waals surface area contributed by atoms with Gasteiger partial charge in [0.1, 0.15) is 17.3 Å². The summed E-state index contributed by atoms with van der Waals surface area (Å²) in [6, 6.07) is 7.63. The Labute approximate surface area is 113 Å². The summed E-state index contributed by atoms with van der Waals surface area (Å²) in [6.07, 6.45) is 0. The van der Waals surface area contributed by atoms with E-state index in [0.717, 1.165) is 29.6 Å². The van der Waals surface area contributed by atoms with Crippen molar-refractivity contribution in [2.45, 2.75) is 26.3 Å². The maximum Gasteiger partial charge on any atom is 0.154 e. The lowest BCUT2D eigenvalue weighted by Crippen LogP contribution is -2.42. The molecule has 19 heavy (non-hydrogen) atoms. The smallest absolute Gasteiger partial charge is 0.154 e. The number of nitrogens with one attached hydrogen (secondary N) is 2. The van der Waals surface area contributed by atoms with Crippen LogP contribution in [0.4, 0.5) is 5.82 Å². The van der Waals surface area contributed by atoms with E-state index in [1.54, 1.807) is 0 Å². The maximum absolute atomic E-state index is 5.51. The summed E-state index contributed by atoms with van der Waals surface area (Å²) in [5.74, 6) is 2.37. The minimum Gasteiger partial charge on any atom is -0.460 e. The Balaban J connectivity index is 2.03. The largest absolute Gasteiger partial charge is 0.460 e. The predicted octanol–water partition coefficient (Wildman–Crippen LogP) is 2.45. The van der Waals surface area contributed by atoms with Gasteiger partial charge < -0.3 is 15.1 Å². The quantitative estimate of drug-likeness (QED) is 0.864. The zero-order valence-corrected chi connectivity index (χ0v) is 11.8. The fourth-order valence-corrected chi connectivity index (χ4v) is 1.53. The number of likely N-dealkylation sites (N-methyl/N-ethyl adjacent to an activating group) is 1. The van der Waals surface area contributed by atoms with Crippen molar-refractivity contribution in [1.82, 2.24) is 15.5 Å². The minimum atomic E-state index is 0.0124. The first-order valence-corrected chi connectivity index (χ1v) is 6.33. The van der Waals surface area contributed by atoms with E-state index in [1.165, 1.54) is 0 Å². The van der Waals surface area contributed by atoms with Gasteiger partial charge in [-0.25, -0.2) is 0 Å². The maximum atomic E-state index is 5.51. The number of nitrogens with zero attached hydrogens (tertiary/aromatic N) is 2. The fourth-order valence-electron chi connectivity index (χ4n) is 1.53. The molecule has 2 rings (SSSR count). The van der Waals surface area contributed by atoms with Crippen molar-refractivity contribution in [2.24, 2.45) is 0 Å². The monoisotopic (exact) mass is 260 g/mol. The molecule has 2 aromatic heterocycles. The van der Waals surface area contributed by atoms with Crippen molar-refractivity contribution >= 4 is 5.82 Å². The molecule has 0 radical (unpaired) electrons. The molecule has 0 saturated heterocycles. The third kappa shape index (κ3) is 3.54. The molecule has 102 valence electrons. The minimum absolute atomic E-state index is 0.0124. The Bertz CT molecular complexity index is 531. The summed E-state index contributed by atoms with van der Waals surface area (Å²) in [5.41, 5.74) is 0.755. The van der Waals surface area contributed by atoms with Crippen molar-refractivity contribution in [2.75, 3.05) is 18.9 Å². The Morgan fingerprint density at radius 1 is 1.16 bits per heavy atom. The topological polar surface area (TPSA) is 63.0 Å². The normalized spacial score (nSPS) is 11.6. The summed E-state index contributed by atoms with van der Waals surface area (Å²) >= 11 is 0. The van der Waals surface area contributed by atoms with E-state index in [4.69, 9.17) is 4.42 Å². The van der Waals surface area contributed by atoms with Crippen LogP contribution < -0.4 is 10.6 Å². The lowest BCUT2D eigenvalue weighted by atomic mass is 10.1. The third-order valence-electron chi connectivity index (χ3n) is 3.05. The van der Waals surface area contributed by atoms with Crippen molar-refractivity contribution in [3.63, 3.8) is 0 Å². The van der Waals surface area contributed by atoms with Crippen LogP contribution in [0.15, 0.2) is 28.7 Å². The number of hydrogen-bond acceptors (Lipinski definition) is 5. The molecule has 0 fully saturated rings. The third-order valence-corrected chi connectivity index (χ3v) is 3.05. The van der Waals surface area contributed by atoms with Gasteiger partial charge in [-0.15, -0.1) is 10.2 Å². The molecule has 5 heteroatoms. The molecule has 0 aliphatic heterocycles. The van der Waals surface area contributed by atoms with Gasteiger partial charge in [-0.2, -0.15) is 0 Å². The van der Waals surface area contributed by atoms with E-state index in [-0.39, 0.29) is 5.54 Å². The van der Waals surface area contributed by atoms with Crippen LogP contribution in [0.1, 0.15) is 19.6 Å². The highest BCUT2D eigenvalue weighted by Crippen LogP contribution is 2.19.